The molecule has 0 saturated heterocycles. The Morgan fingerprint density at radius 3 is 2.87 bits per heavy atom. The second-order valence-corrected chi connectivity index (χ2v) is 4.41. The fourth-order valence-corrected chi connectivity index (χ4v) is 1.39. The molecule has 4 nitrogen and oxygen atoms in total. The van der Waals surface area contributed by atoms with Crippen molar-refractivity contribution in [3.8, 4) is 6.07 Å². The van der Waals surface area contributed by atoms with Crippen molar-refractivity contribution in [3.05, 3.63) is 18.2 Å². The minimum absolute atomic E-state index is 0.225. The molecule has 0 bridgehead atoms. The van der Waals surface area contributed by atoms with E-state index in [4.69, 9.17) is 11.0 Å². The average Bonchev–Trinajstić information content (AvgIpc) is 2.66. The van der Waals surface area contributed by atoms with Crippen molar-refractivity contribution in [1.82, 2.24) is 9.55 Å². The molecular weight excluding hydrogens is 188 g/mol. The molecule has 15 heavy (non-hydrogen) atoms. The summed E-state index contributed by atoms with van der Waals surface area (Å²) in [5, 5.41) is 8.85. The molecule has 4 heteroatoms. The number of nitrogens with two attached hydrogens (primary N) is 1. The molecule has 0 saturated carbocycles. The summed E-state index contributed by atoms with van der Waals surface area (Å²) in [5.41, 5.74) is 6.15. The van der Waals surface area contributed by atoms with Gasteiger partial charge in [-0.15, -0.1) is 0 Å². The molecule has 0 aliphatic heterocycles. The SMILES string of the molecule is CC(C)(C#N)CCCn1cnc(CN)c1. The molecular formula is C11H18N4. The van der Waals surface area contributed by atoms with E-state index in [9.17, 15) is 0 Å². The van der Waals surface area contributed by atoms with Crippen molar-refractivity contribution in [1.29, 1.82) is 5.26 Å². The second kappa shape index (κ2) is 4.94. The quantitative estimate of drug-likeness (QED) is 0.796. The first-order valence-corrected chi connectivity index (χ1v) is 5.19. The highest BCUT2D eigenvalue weighted by molar-refractivity contribution is 4.95. The van der Waals surface area contributed by atoms with Gasteiger partial charge in [-0.05, 0) is 26.7 Å². The first-order chi connectivity index (χ1) is 7.07. The number of aryl methyl sites for hydroxylation is 1. The lowest BCUT2D eigenvalue weighted by molar-refractivity contribution is 0.415. The topological polar surface area (TPSA) is 67.6 Å². The Balaban J connectivity index is 2.35. The van der Waals surface area contributed by atoms with Crippen LogP contribution in [0.15, 0.2) is 12.5 Å². The molecule has 0 atom stereocenters. The summed E-state index contributed by atoms with van der Waals surface area (Å²) in [6.45, 7) is 5.31. The molecule has 0 fully saturated rings. The van der Waals surface area contributed by atoms with E-state index < -0.39 is 0 Å². The third-order valence-corrected chi connectivity index (χ3v) is 2.42. The Morgan fingerprint density at radius 1 is 1.60 bits per heavy atom. The van der Waals surface area contributed by atoms with Crippen LogP contribution in [0.25, 0.3) is 0 Å². The predicted octanol–water partition coefficient (Wildman–Crippen LogP) is 1.67. The zero-order valence-corrected chi connectivity index (χ0v) is 9.40. The van der Waals surface area contributed by atoms with Gasteiger partial charge in [0.05, 0.1) is 23.5 Å². The Morgan fingerprint density at radius 2 is 2.33 bits per heavy atom. The molecule has 1 heterocycles. The van der Waals surface area contributed by atoms with Crippen LogP contribution < -0.4 is 5.73 Å². The fourth-order valence-electron chi connectivity index (χ4n) is 1.39. The van der Waals surface area contributed by atoms with Crippen LogP contribution in [0.5, 0.6) is 0 Å². The molecule has 1 rings (SSSR count). The van der Waals surface area contributed by atoms with E-state index in [1.54, 1.807) is 6.33 Å². The summed E-state index contributed by atoms with van der Waals surface area (Å²) in [6, 6.07) is 2.30. The average molecular weight is 206 g/mol. The molecule has 2 N–H and O–H groups in total. The molecule has 0 radical (unpaired) electrons. The third-order valence-electron chi connectivity index (χ3n) is 2.42. The van der Waals surface area contributed by atoms with Gasteiger partial charge in [0.15, 0.2) is 0 Å². The van der Waals surface area contributed by atoms with Crippen LogP contribution in [0.1, 0.15) is 32.4 Å². The van der Waals surface area contributed by atoms with Crippen LogP contribution in [0.3, 0.4) is 0 Å². The van der Waals surface area contributed by atoms with Gasteiger partial charge >= 0.3 is 0 Å². The smallest absolute Gasteiger partial charge is 0.0949 e. The van der Waals surface area contributed by atoms with Gasteiger partial charge in [-0.25, -0.2) is 4.98 Å². The van der Waals surface area contributed by atoms with Gasteiger partial charge in [-0.3, -0.25) is 0 Å². The lowest BCUT2D eigenvalue weighted by Crippen LogP contribution is -2.09. The summed E-state index contributed by atoms with van der Waals surface area (Å²) in [4.78, 5) is 4.14. The Kier molecular flexibility index (Phi) is 3.87. The van der Waals surface area contributed by atoms with Crippen molar-refractivity contribution in [3.63, 3.8) is 0 Å². The summed E-state index contributed by atoms with van der Waals surface area (Å²) >= 11 is 0. The molecule has 0 unspecified atom stereocenters. The zero-order valence-electron chi connectivity index (χ0n) is 9.40. The van der Waals surface area contributed by atoms with Crippen LogP contribution in [0.2, 0.25) is 0 Å². The fraction of sp³-hybridized carbons (Fsp3) is 0.636. The highest BCUT2D eigenvalue weighted by Crippen LogP contribution is 2.20. The van der Waals surface area contributed by atoms with Crippen molar-refractivity contribution in [2.45, 2.75) is 39.8 Å². The lowest BCUT2D eigenvalue weighted by Gasteiger charge is -2.14. The van der Waals surface area contributed by atoms with Crippen molar-refractivity contribution >= 4 is 0 Å². The third kappa shape index (κ3) is 3.72. The summed E-state index contributed by atoms with van der Waals surface area (Å²) < 4.78 is 2.02. The molecule has 1 aromatic heterocycles. The standard InChI is InChI=1S/C11H18N4/c1-11(2,8-13)4-3-5-15-7-10(6-12)14-9-15/h7,9H,3-6,12H2,1-2H3. The Bertz CT molecular complexity index is 346. The van der Waals surface area contributed by atoms with Crippen LogP contribution >= 0.6 is 0 Å². The number of aromatic nitrogens is 2. The Labute approximate surface area is 90.7 Å². The molecule has 0 amide bonds. The molecule has 1 aromatic rings. The maximum Gasteiger partial charge on any atom is 0.0949 e. The van der Waals surface area contributed by atoms with E-state index in [1.807, 2.05) is 24.6 Å². The van der Waals surface area contributed by atoms with E-state index >= 15 is 0 Å². The van der Waals surface area contributed by atoms with Gasteiger partial charge in [-0.1, -0.05) is 0 Å². The van der Waals surface area contributed by atoms with E-state index in [-0.39, 0.29) is 5.41 Å². The molecule has 0 spiro atoms. The number of nitriles is 1. The normalized spacial score (nSPS) is 11.3. The van der Waals surface area contributed by atoms with Crippen molar-refractivity contribution in [2.24, 2.45) is 11.1 Å². The molecule has 82 valence electrons. The minimum Gasteiger partial charge on any atom is -0.337 e. The maximum absolute atomic E-state index is 8.85. The van der Waals surface area contributed by atoms with Gasteiger partial charge < -0.3 is 10.3 Å². The van der Waals surface area contributed by atoms with Gasteiger partial charge in [0.1, 0.15) is 0 Å². The molecule has 0 aliphatic rings. The highest BCUT2D eigenvalue weighted by atomic mass is 15.0. The van der Waals surface area contributed by atoms with Crippen molar-refractivity contribution < 1.29 is 0 Å². The number of rotatable bonds is 5. The van der Waals surface area contributed by atoms with Crippen LogP contribution in [-0.2, 0) is 13.1 Å². The summed E-state index contributed by atoms with van der Waals surface area (Å²) in [6.07, 6.45) is 5.64. The van der Waals surface area contributed by atoms with E-state index in [0.717, 1.165) is 25.1 Å². The number of hydrogen-bond acceptors (Lipinski definition) is 3. The van der Waals surface area contributed by atoms with Gasteiger partial charge in [0.2, 0.25) is 0 Å². The van der Waals surface area contributed by atoms with Crippen molar-refractivity contribution in [2.75, 3.05) is 0 Å². The maximum atomic E-state index is 8.85. The van der Waals surface area contributed by atoms with Gasteiger partial charge in [-0.2, -0.15) is 5.26 Å². The predicted molar refractivity (Wildman–Crippen MR) is 58.7 cm³/mol. The Hall–Kier alpha value is -1.34. The van der Waals surface area contributed by atoms with Crippen LogP contribution in [0, 0.1) is 16.7 Å². The first-order valence-electron chi connectivity index (χ1n) is 5.19. The monoisotopic (exact) mass is 206 g/mol. The molecule has 0 aromatic carbocycles. The van der Waals surface area contributed by atoms with Crippen LogP contribution in [-0.4, -0.2) is 9.55 Å². The second-order valence-electron chi connectivity index (χ2n) is 4.41. The summed E-state index contributed by atoms with van der Waals surface area (Å²) in [7, 11) is 0. The minimum atomic E-state index is -0.225. The lowest BCUT2D eigenvalue weighted by atomic mass is 9.90. The van der Waals surface area contributed by atoms with E-state index in [1.165, 1.54) is 0 Å². The summed E-state index contributed by atoms with van der Waals surface area (Å²) in [5.74, 6) is 0. The molecule has 0 aliphatic carbocycles. The number of hydrogen-bond donors (Lipinski definition) is 1. The largest absolute Gasteiger partial charge is 0.337 e. The number of imidazole rings is 1. The van der Waals surface area contributed by atoms with E-state index in [2.05, 4.69) is 11.1 Å². The zero-order chi connectivity index (χ0) is 11.3. The van der Waals surface area contributed by atoms with Gasteiger partial charge in [0.25, 0.3) is 0 Å². The first kappa shape index (κ1) is 11.7. The van der Waals surface area contributed by atoms with Crippen LogP contribution in [0.4, 0.5) is 0 Å². The van der Waals surface area contributed by atoms with E-state index in [0.29, 0.717) is 6.54 Å². The highest BCUT2D eigenvalue weighted by Gasteiger charge is 2.15. The number of nitrogens with zero attached hydrogens (tertiary/aromatic N) is 3. The van der Waals surface area contributed by atoms with Gasteiger partial charge in [0, 0.05) is 19.3 Å².